The number of hydrogen-bond acceptors (Lipinski definition) is 5. The van der Waals surface area contributed by atoms with Gasteiger partial charge in [0.05, 0.1) is 12.2 Å². The molecule has 2 aliphatic heterocycles. The molecule has 4 heterocycles. The second kappa shape index (κ2) is 7.64. The molecule has 1 spiro atoms. The van der Waals surface area contributed by atoms with Crippen molar-refractivity contribution in [2.45, 2.75) is 56.9 Å². The van der Waals surface area contributed by atoms with Crippen LogP contribution in [0.4, 0.5) is 23.4 Å². The Labute approximate surface area is 209 Å². The topological polar surface area (TPSA) is 50.1 Å². The standard InChI is InChI=1S/C25H23ClF4N6/c26-16-1-5-19-14(7-16)10-34(17-2-3-17)11-21-32-33-23(36(19)21)15-8-24(9-15)12-35(13-24)20-6-4-18(27)22(31-20)25(28,29)30/h1,4-7,15,17H,2-3,8-13H2. The Morgan fingerprint density at radius 3 is 2.50 bits per heavy atom. The van der Waals surface area contributed by atoms with E-state index in [2.05, 4.69) is 24.6 Å². The molecule has 11 heteroatoms. The van der Waals surface area contributed by atoms with Crippen LogP contribution in [0.1, 0.15) is 54.5 Å². The molecule has 4 aliphatic rings. The van der Waals surface area contributed by atoms with E-state index in [1.165, 1.54) is 24.5 Å². The molecule has 3 fully saturated rings. The molecule has 188 valence electrons. The quantitative estimate of drug-likeness (QED) is 0.438. The van der Waals surface area contributed by atoms with Crippen LogP contribution in [0.25, 0.3) is 5.69 Å². The van der Waals surface area contributed by atoms with Crippen molar-refractivity contribution in [2.24, 2.45) is 5.41 Å². The van der Waals surface area contributed by atoms with E-state index in [4.69, 9.17) is 11.6 Å². The molecule has 36 heavy (non-hydrogen) atoms. The fraction of sp³-hybridized carbons (Fsp3) is 0.480. The lowest BCUT2D eigenvalue weighted by Gasteiger charge is -2.59. The van der Waals surface area contributed by atoms with Crippen molar-refractivity contribution >= 4 is 17.4 Å². The van der Waals surface area contributed by atoms with Gasteiger partial charge in [0.25, 0.3) is 0 Å². The Balaban J connectivity index is 1.11. The van der Waals surface area contributed by atoms with Gasteiger partial charge in [0.2, 0.25) is 0 Å². The number of hydrogen-bond donors (Lipinski definition) is 0. The summed E-state index contributed by atoms with van der Waals surface area (Å²) in [4.78, 5) is 7.81. The van der Waals surface area contributed by atoms with Crippen LogP contribution in [0.5, 0.6) is 0 Å². The summed E-state index contributed by atoms with van der Waals surface area (Å²) in [7, 11) is 0. The third-order valence-corrected chi connectivity index (χ3v) is 8.25. The number of anilines is 1. The van der Waals surface area contributed by atoms with Crippen LogP contribution in [0.3, 0.4) is 0 Å². The summed E-state index contributed by atoms with van der Waals surface area (Å²) in [5.74, 6) is 0.912. The Bertz CT molecular complexity index is 1350. The number of nitrogens with zero attached hydrogens (tertiary/aromatic N) is 6. The molecule has 2 aromatic heterocycles. The molecule has 7 rings (SSSR count). The van der Waals surface area contributed by atoms with E-state index in [0.717, 1.165) is 49.3 Å². The smallest absolute Gasteiger partial charge is 0.355 e. The molecular weight excluding hydrogens is 496 g/mol. The van der Waals surface area contributed by atoms with Crippen LogP contribution >= 0.6 is 11.6 Å². The van der Waals surface area contributed by atoms with Gasteiger partial charge < -0.3 is 4.90 Å². The van der Waals surface area contributed by atoms with Gasteiger partial charge >= 0.3 is 6.18 Å². The highest BCUT2D eigenvalue weighted by Crippen LogP contribution is 2.57. The van der Waals surface area contributed by atoms with Crippen molar-refractivity contribution in [1.82, 2.24) is 24.6 Å². The fourth-order valence-corrected chi connectivity index (χ4v) is 6.37. The molecule has 0 radical (unpaired) electrons. The second-order valence-corrected chi connectivity index (χ2v) is 11.1. The zero-order valence-corrected chi connectivity index (χ0v) is 20.0. The molecule has 0 amide bonds. The van der Waals surface area contributed by atoms with Gasteiger partial charge in [0.15, 0.2) is 17.3 Å². The zero-order valence-electron chi connectivity index (χ0n) is 19.3. The van der Waals surface area contributed by atoms with Crippen molar-refractivity contribution in [3.05, 3.63) is 64.1 Å². The highest BCUT2D eigenvalue weighted by Gasteiger charge is 2.55. The Hall–Kier alpha value is -2.72. The van der Waals surface area contributed by atoms with E-state index in [0.29, 0.717) is 24.2 Å². The number of pyridine rings is 1. The predicted molar refractivity (Wildman–Crippen MR) is 124 cm³/mol. The summed E-state index contributed by atoms with van der Waals surface area (Å²) >= 11 is 6.33. The van der Waals surface area contributed by atoms with Gasteiger partial charge in [0.1, 0.15) is 11.6 Å². The lowest BCUT2D eigenvalue weighted by molar-refractivity contribution is -0.143. The van der Waals surface area contributed by atoms with Crippen LogP contribution in [0.2, 0.25) is 5.02 Å². The van der Waals surface area contributed by atoms with E-state index in [1.54, 1.807) is 4.90 Å². The summed E-state index contributed by atoms with van der Waals surface area (Å²) in [6.45, 7) is 2.77. The van der Waals surface area contributed by atoms with Crippen molar-refractivity contribution in [1.29, 1.82) is 0 Å². The minimum absolute atomic E-state index is 0.0130. The molecule has 0 unspecified atom stereocenters. The number of benzene rings is 1. The van der Waals surface area contributed by atoms with E-state index >= 15 is 0 Å². The fourth-order valence-electron chi connectivity index (χ4n) is 6.17. The molecule has 1 aromatic carbocycles. The minimum atomic E-state index is -4.81. The van der Waals surface area contributed by atoms with Gasteiger partial charge in [-0.3, -0.25) is 9.47 Å². The molecule has 0 N–H and O–H groups in total. The van der Waals surface area contributed by atoms with E-state index < -0.39 is 17.7 Å². The lowest BCUT2D eigenvalue weighted by Crippen LogP contribution is -2.62. The SMILES string of the molecule is Fc1ccc(N2CC3(CC(c4nnc5n4-c4ccc(Cl)cc4CN(C4CC4)C5)C3)C2)nc1C(F)(F)F. The number of alkyl halides is 3. The molecule has 0 bridgehead atoms. The minimum Gasteiger partial charge on any atom is -0.355 e. The van der Waals surface area contributed by atoms with Crippen molar-refractivity contribution in [3.63, 3.8) is 0 Å². The van der Waals surface area contributed by atoms with Crippen LogP contribution in [0.15, 0.2) is 30.3 Å². The maximum atomic E-state index is 13.6. The monoisotopic (exact) mass is 518 g/mol. The average molecular weight is 519 g/mol. The van der Waals surface area contributed by atoms with Crippen molar-refractivity contribution in [2.75, 3.05) is 18.0 Å². The average Bonchev–Trinajstić information content (AvgIpc) is 3.55. The first kappa shape index (κ1) is 22.5. The van der Waals surface area contributed by atoms with Gasteiger partial charge in [-0.2, -0.15) is 13.2 Å². The summed E-state index contributed by atoms with van der Waals surface area (Å²) in [6.07, 6.45) is -0.655. The first-order chi connectivity index (χ1) is 17.2. The molecule has 6 nitrogen and oxygen atoms in total. The maximum Gasteiger partial charge on any atom is 0.436 e. The molecular formula is C25H23ClF4N6. The largest absolute Gasteiger partial charge is 0.436 e. The van der Waals surface area contributed by atoms with E-state index in [9.17, 15) is 17.6 Å². The van der Waals surface area contributed by atoms with Gasteiger partial charge in [-0.05, 0) is 61.6 Å². The van der Waals surface area contributed by atoms with Crippen LogP contribution in [0, 0.1) is 11.2 Å². The van der Waals surface area contributed by atoms with Gasteiger partial charge in [0, 0.05) is 42.0 Å². The molecule has 0 atom stereocenters. The normalized spacial score (nSPS) is 21.5. The van der Waals surface area contributed by atoms with E-state index in [-0.39, 0.29) is 17.2 Å². The number of halogens is 5. The zero-order chi connectivity index (χ0) is 24.8. The number of rotatable bonds is 3. The Kier molecular flexibility index (Phi) is 4.77. The van der Waals surface area contributed by atoms with Gasteiger partial charge in [-0.25, -0.2) is 9.37 Å². The highest BCUT2D eigenvalue weighted by molar-refractivity contribution is 6.30. The van der Waals surface area contributed by atoms with Crippen LogP contribution in [-0.2, 0) is 19.3 Å². The predicted octanol–water partition coefficient (Wildman–Crippen LogP) is 5.34. The first-order valence-electron chi connectivity index (χ1n) is 12.1. The molecule has 2 aliphatic carbocycles. The van der Waals surface area contributed by atoms with Gasteiger partial charge in [-0.15, -0.1) is 10.2 Å². The van der Waals surface area contributed by atoms with Crippen molar-refractivity contribution in [3.8, 4) is 5.69 Å². The van der Waals surface area contributed by atoms with Crippen LogP contribution < -0.4 is 4.90 Å². The summed E-state index contributed by atoms with van der Waals surface area (Å²) < 4.78 is 55.0. The third-order valence-electron chi connectivity index (χ3n) is 8.02. The lowest BCUT2D eigenvalue weighted by atomic mass is 9.57. The molecule has 1 saturated heterocycles. The maximum absolute atomic E-state index is 13.6. The summed E-state index contributed by atoms with van der Waals surface area (Å²) in [5, 5.41) is 9.89. The highest BCUT2D eigenvalue weighted by atomic mass is 35.5. The first-order valence-corrected chi connectivity index (χ1v) is 12.5. The summed E-state index contributed by atoms with van der Waals surface area (Å²) in [5.41, 5.74) is 0.793. The van der Waals surface area contributed by atoms with E-state index in [1.807, 2.05) is 18.2 Å². The molecule has 3 aromatic rings. The van der Waals surface area contributed by atoms with Crippen LogP contribution in [-0.4, -0.2) is 43.8 Å². The van der Waals surface area contributed by atoms with Gasteiger partial charge in [-0.1, -0.05) is 11.6 Å². The number of aromatic nitrogens is 4. The Morgan fingerprint density at radius 1 is 1.00 bits per heavy atom. The Morgan fingerprint density at radius 2 is 1.78 bits per heavy atom. The molecule has 2 saturated carbocycles. The third kappa shape index (κ3) is 3.60. The number of fused-ring (bicyclic) bond motifs is 3. The van der Waals surface area contributed by atoms with Crippen molar-refractivity contribution < 1.29 is 17.6 Å². The second-order valence-electron chi connectivity index (χ2n) is 10.7. The summed E-state index contributed by atoms with van der Waals surface area (Å²) in [6, 6.07) is 8.72.